The molecule has 0 aliphatic carbocycles. The highest BCUT2D eigenvalue weighted by atomic mass is 79.9. The van der Waals surface area contributed by atoms with Crippen molar-refractivity contribution in [3.8, 4) is 0 Å². The van der Waals surface area contributed by atoms with Gasteiger partial charge in [0.25, 0.3) is 10.0 Å². The number of nitrogens with zero attached hydrogens (tertiary/aromatic N) is 2. The van der Waals surface area contributed by atoms with Gasteiger partial charge in [-0.05, 0) is 60.9 Å². The van der Waals surface area contributed by atoms with Crippen LogP contribution in [0.25, 0.3) is 0 Å². The van der Waals surface area contributed by atoms with E-state index in [2.05, 4.69) is 21.2 Å². The van der Waals surface area contributed by atoms with Crippen LogP contribution in [-0.2, 0) is 32.6 Å². The van der Waals surface area contributed by atoms with Gasteiger partial charge in [-0.1, -0.05) is 108 Å². The lowest BCUT2D eigenvalue weighted by Gasteiger charge is -2.34. The third-order valence-corrected chi connectivity index (χ3v) is 9.56. The average Bonchev–Trinajstić information content (AvgIpc) is 3.02. The molecule has 0 spiro atoms. The molecule has 0 aliphatic heterocycles. The summed E-state index contributed by atoms with van der Waals surface area (Å²) in [5, 5.41) is 3.01. The van der Waals surface area contributed by atoms with Crippen molar-refractivity contribution in [2.75, 3.05) is 17.4 Å². The normalized spacial score (nSPS) is 11.9. The fraction of sp³-hybridized carbons (Fsp3) is 0.257. The molecule has 7 nitrogen and oxygen atoms in total. The van der Waals surface area contributed by atoms with Gasteiger partial charge in [-0.2, -0.15) is 0 Å². The molecule has 0 saturated heterocycles. The Labute approximate surface area is 269 Å². The van der Waals surface area contributed by atoms with Crippen molar-refractivity contribution in [3.63, 3.8) is 0 Å². The first kappa shape index (κ1) is 33.0. The molecule has 0 heterocycles. The highest BCUT2D eigenvalue weighted by Gasteiger charge is 2.34. The van der Waals surface area contributed by atoms with E-state index in [4.69, 9.17) is 0 Å². The molecule has 1 atom stereocenters. The zero-order valence-corrected chi connectivity index (χ0v) is 27.4. The maximum Gasteiger partial charge on any atom is 0.264 e. The number of carbonyl (C=O) groups excluding carboxylic acids is 2. The maximum absolute atomic E-state index is 14.4. The van der Waals surface area contributed by atoms with Gasteiger partial charge in [-0.3, -0.25) is 13.9 Å². The van der Waals surface area contributed by atoms with Crippen LogP contribution in [0, 0.1) is 6.92 Å². The average molecular weight is 677 g/mol. The van der Waals surface area contributed by atoms with E-state index in [9.17, 15) is 18.0 Å². The molecule has 1 N–H and O–H groups in total. The number of para-hydroxylation sites is 1. The molecule has 0 aromatic heterocycles. The predicted molar refractivity (Wildman–Crippen MR) is 179 cm³/mol. The SMILES string of the molecule is CCCCNC(=O)[C@H](Cc1ccccc1)N(Cc1cccc(Br)c1)C(=O)CN(c1ccccc1)S(=O)(=O)c1ccc(C)cc1. The summed E-state index contributed by atoms with van der Waals surface area (Å²) < 4.78 is 30.1. The Morgan fingerprint density at radius 2 is 1.48 bits per heavy atom. The first-order valence-corrected chi connectivity index (χ1v) is 16.9. The minimum Gasteiger partial charge on any atom is -0.354 e. The third kappa shape index (κ3) is 8.80. The maximum atomic E-state index is 14.4. The van der Waals surface area contributed by atoms with Crippen molar-refractivity contribution >= 4 is 43.5 Å². The van der Waals surface area contributed by atoms with E-state index in [1.807, 2.05) is 68.4 Å². The molecule has 0 fully saturated rings. The molecule has 0 bridgehead atoms. The number of carbonyl (C=O) groups is 2. The van der Waals surface area contributed by atoms with Gasteiger partial charge >= 0.3 is 0 Å². The van der Waals surface area contributed by atoms with Crippen LogP contribution in [0.4, 0.5) is 5.69 Å². The highest BCUT2D eigenvalue weighted by Crippen LogP contribution is 2.25. The molecule has 44 heavy (non-hydrogen) atoms. The Kier molecular flexibility index (Phi) is 11.7. The van der Waals surface area contributed by atoms with Crippen LogP contribution in [0.15, 0.2) is 119 Å². The van der Waals surface area contributed by atoms with Crippen molar-refractivity contribution in [1.82, 2.24) is 10.2 Å². The summed E-state index contributed by atoms with van der Waals surface area (Å²) >= 11 is 3.51. The lowest BCUT2D eigenvalue weighted by molar-refractivity contribution is -0.140. The summed E-state index contributed by atoms with van der Waals surface area (Å²) in [7, 11) is -4.12. The first-order valence-electron chi connectivity index (χ1n) is 14.7. The van der Waals surface area contributed by atoms with E-state index in [-0.39, 0.29) is 23.8 Å². The fourth-order valence-electron chi connectivity index (χ4n) is 4.85. The molecule has 4 aromatic rings. The van der Waals surface area contributed by atoms with Crippen molar-refractivity contribution in [1.29, 1.82) is 0 Å². The zero-order valence-electron chi connectivity index (χ0n) is 25.0. The second-order valence-corrected chi connectivity index (χ2v) is 13.4. The van der Waals surface area contributed by atoms with Gasteiger partial charge in [0.05, 0.1) is 10.6 Å². The number of amides is 2. The monoisotopic (exact) mass is 675 g/mol. The molecule has 4 aromatic carbocycles. The van der Waals surface area contributed by atoms with Gasteiger partial charge in [0, 0.05) is 24.0 Å². The minimum absolute atomic E-state index is 0.0800. The number of unbranched alkanes of at least 4 members (excludes halogenated alkanes) is 1. The first-order chi connectivity index (χ1) is 21.2. The molecule has 2 amide bonds. The number of halogens is 1. The number of rotatable bonds is 14. The second-order valence-electron chi connectivity index (χ2n) is 10.7. The second kappa shape index (κ2) is 15.7. The Bertz CT molecular complexity index is 1630. The van der Waals surface area contributed by atoms with Crippen LogP contribution in [-0.4, -0.2) is 44.3 Å². The number of anilines is 1. The quantitative estimate of drug-likeness (QED) is 0.154. The molecule has 230 valence electrons. The van der Waals surface area contributed by atoms with E-state index in [0.29, 0.717) is 12.2 Å². The molecule has 0 saturated carbocycles. The lowest BCUT2D eigenvalue weighted by atomic mass is 10.0. The van der Waals surface area contributed by atoms with Crippen LogP contribution in [0.1, 0.15) is 36.5 Å². The number of hydrogen-bond acceptors (Lipinski definition) is 4. The minimum atomic E-state index is -4.12. The highest BCUT2D eigenvalue weighted by molar-refractivity contribution is 9.10. The Balaban J connectivity index is 1.77. The summed E-state index contributed by atoms with van der Waals surface area (Å²) in [6.07, 6.45) is 1.99. The zero-order chi connectivity index (χ0) is 31.5. The van der Waals surface area contributed by atoms with Gasteiger partial charge in [0.2, 0.25) is 11.8 Å². The summed E-state index contributed by atoms with van der Waals surface area (Å²) in [5.41, 5.74) is 2.97. The summed E-state index contributed by atoms with van der Waals surface area (Å²) in [6.45, 7) is 4.04. The van der Waals surface area contributed by atoms with Gasteiger partial charge in [0.1, 0.15) is 12.6 Å². The van der Waals surface area contributed by atoms with Gasteiger partial charge in [-0.25, -0.2) is 8.42 Å². The van der Waals surface area contributed by atoms with Crippen LogP contribution >= 0.6 is 15.9 Å². The molecular weight excluding hydrogens is 638 g/mol. The Hall–Kier alpha value is -3.95. The summed E-state index contributed by atoms with van der Waals surface area (Å²) in [6, 6.07) is 31.3. The number of benzene rings is 4. The molecule has 4 rings (SSSR count). The fourth-order valence-corrected chi connectivity index (χ4v) is 6.71. The van der Waals surface area contributed by atoms with Gasteiger partial charge < -0.3 is 10.2 Å². The van der Waals surface area contributed by atoms with E-state index in [1.165, 1.54) is 4.90 Å². The van der Waals surface area contributed by atoms with Crippen LogP contribution < -0.4 is 9.62 Å². The predicted octanol–water partition coefficient (Wildman–Crippen LogP) is 6.51. The number of aryl methyl sites for hydroxylation is 1. The Morgan fingerprint density at radius 1 is 0.841 bits per heavy atom. The van der Waals surface area contributed by atoms with Gasteiger partial charge in [-0.15, -0.1) is 0 Å². The molecule has 0 aliphatic rings. The summed E-state index contributed by atoms with van der Waals surface area (Å²) in [4.78, 5) is 29.8. The summed E-state index contributed by atoms with van der Waals surface area (Å²) in [5.74, 6) is -0.769. The van der Waals surface area contributed by atoms with Crippen LogP contribution in [0.3, 0.4) is 0 Å². The third-order valence-electron chi connectivity index (χ3n) is 7.27. The Morgan fingerprint density at radius 3 is 2.11 bits per heavy atom. The number of nitrogens with one attached hydrogen (secondary N) is 1. The van der Waals surface area contributed by atoms with Crippen LogP contribution in [0.5, 0.6) is 0 Å². The van der Waals surface area contributed by atoms with Crippen molar-refractivity contribution in [3.05, 3.63) is 130 Å². The largest absolute Gasteiger partial charge is 0.354 e. The van der Waals surface area contributed by atoms with E-state index in [0.717, 1.165) is 38.3 Å². The van der Waals surface area contributed by atoms with E-state index in [1.54, 1.807) is 54.6 Å². The molecule has 9 heteroatoms. The van der Waals surface area contributed by atoms with Gasteiger partial charge in [0.15, 0.2) is 0 Å². The lowest BCUT2D eigenvalue weighted by Crippen LogP contribution is -2.53. The van der Waals surface area contributed by atoms with Crippen LogP contribution in [0.2, 0.25) is 0 Å². The van der Waals surface area contributed by atoms with E-state index < -0.39 is 28.5 Å². The van der Waals surface area contributed by atoms with Crippen molar-refractivity contribution < 1.29 is 18.0 Å². The number of hydrogen-bond donors (Lipinski definition) is 1. The molecule has 0 unspecified atom stereocenters. The standard InChI is InChI=1S/C35H38BrN3O4S/c1-3-4-22-37-35(41)33(24-28-12-7-5-8-13-28)38(25-29-14-11-15-30(36)23-29)34(40)26-39(31-16-9-6-10-17-31)44(42,43)32-20-18-27(2)19-21-32/h5-21,23,33H,3-4,22,24-26H2,1-2H3,(H,37,41)/t33-/m0/s1. The smallest absolute Gasteiger partial charge is 0.264 e. The topological polar surface area (TPSA) is 86.8 Å². The number of sulfonamides is 1. The molecular formula is C35H38BrN3O4S. The van der Waals surface area contributed by atoms with Crippen molar-refractivity contribution in [2.24, 2.45) is 0 Å². The molecule has 0 radical (unpaired) electrons. The van der Waals surface area contributed by atoms with Crippen molar-refractivity contribution in [2.45, 2.75) is 50.6 Å². The van der Waals surface area contributed by atoms with E-state index >= 15 is 0 Å².